The molecule has 0 radical (unpaired) electrons. The number of benzene rings is 1. The number of rotatable bonds is 1. The zero-order valence-electron chi connectivity index (χ0n) is 15.2. The number of amides is 1. The molecule has 1 aromatic carbocycles. The van der Waals surface area contributed by atoms with E-state index in [1.54, 1.807) is 4.90 Å². The summed E-state index contributed by atoms with van der Waals surface area (Å²) in [6, 6.07) is 10.0. The van der Waals surface area contributed by atoms with Crippen LogP contribution in [0.1, 0.15) is 42.1 Å². The third kappa shape index (κ3) is 3.50. The van der Waals surface area contributed by atoms with Gasteiger partial charge in [-0.1, -0.05) is 41.5 Å². The first kappa shape index (κ1) is 17.8. The van der Waals surface area contributed by atoms with Crippen molar-refractivity contribution in [1.82, 2.24) is 9.88 Å². The molecule has 2 heterocycles. The highest BCUT2D eigenvalue weighted by atomic mass is 35.5. The van der Waals surface area contributed by atoms with Gasteiger partial charge in [0.05, 0.1) is 12.3 Å². The first-order valence-corrected chi connectivity index (χ1v) is 9.62. The molecule has 138 valence electrons. The minimum absolute atomic E-state index is 0.231. The first-order chi connectivity index (χ1) is 13.2. The number of halogens is 1. The third-order valence-corrected chi connectivity index (χ3v) is 5.28. The van der Waals surface area contributed by atoms with Crippen LogP contribution >= 0.6 is 11.6 Å². The van der Waals surface area contributed by atoms with Crippen molar-refractivity contribution < 1.29 is 9.53 Å². The van der Waals surface area contributed by atoms with E-state index in [1.807, 2.05) is 37.4 Å². The summed E-state index contributed by atoms with van der Waals surface area (Å²) in [6.45, 7) is 3.54. The normalized spacial score (nSPS) is 15.9. The second-order valence-corrected chi connectivity index (χ2v) is 7.11. The molecule has 0 bridgehead atoms. The van der Waals surface area contributed by atoms with Crippen molar-refractivity contribution in [2.45, 2.75) is 19.8 Å². The van der Waals surface area contributed by atoms with Gasteiger partial charge >= 0.3 is 6.09 Å². The van der Waals surface area contributed by atoms with Crippen molar-refractivity contribution >= 4 is 35.4 Å². The second-order valence-electron chi connectivity index (χ2n) is 6.67. The number of fused-ring (bicyclic) bond motifs is 2. The Labute approximate surface area is 164 Å². The van der Waals surface area contributed by atoms with Crippen LogP contribution < -0.4 is 0 Å². The molecule has 1 aliphatic heterocycles. The largest absolute Gasteiger partial charge is 0.450 e. The Morgan fingerprint density at radius 3 is 2.74 bits per heavy atom. The van der Waals surface area contributed by atoms with Crippen LogP contribution in [0.3, 0.4) is 0 Å². The lowest BCUT2D eigenvalue weighted by molar-refractivity contribution is 0.104. The summed E-state index contributed by atoms with van der Waals surface area (Å²) in [5.74, 6) is 0. The van der Waals surface area contributed by atoms with Crippen molar-refractivity contribution in [1.29, 1.82) is 0 Å². The van der Waals surface area contributed by atoms with Gasteiger partial charge in [0.25, 0.3) is 0 Å². The lowest BCUT2D eigenvalue weighted by Crippen LogP contribution is -2.37. The fourth-order valence-electron chi connectivity index (χ4n) is 3.74. The number of aromatic nitrogens is 1. The molecule has 4 rings (SSSR count). The van der Waals surface area contributed by atoms with Crippen LogP contribution in [-0.4, -0.2) is 35.7 Å². The number of piperidine rings is 1. The quantitative estimate of drug-likeness (QED) is 0.577. The summed E-state index contributed by atoms with van der Waals surface area (Å²) in [6.07, 6.45) is 7.43. The Bertz CT molecular complexity index is 939. The number of carbonyl (C=O) groups excluding carboxylic acids is 1. The summed E-state index contributed by atoms with van der Waals surface area (Å²) in [5, 5.41) is 0.712. The number of nitrogens with zero attached hydrogens (tertiary/aromatic N) is 2. The number of hydrogen-bond acceptors (Lipinski definition) is 3. The molecule has 27 heavy (non-hydrogen) atoms. The van der Waals surface area contributed by atoms with Crippen LogP contribution in [0, 0.1) is 0 Å². The van der Waals surface area contributed by atoms with Crippen LogP contribution in [0.4, 0.5) is 4.79 Å². The van der Waals surface area contributed by atoms with Gasteiger partial charge in [-0.2, -0.15) is 0 Å². The molecule has 0 unspecified atom stereocenters. The zero-order chi connectivity index (χ0) is 18.8. The maximum absolute atomic E-state index is 12.0. The van der Waals surface area contributed by atoms with Gasteiger partial charge in [0.15, 0.2) is 0 Å². The van der Waals surface area contributed by atoms with Gasteiger partial charge in [-0.05, 0) is 49.1 Å². The van der Waals surface area contributed by atoms with Crippen molar-refractivity contribution in [2.75, 3.05) is 19.7 Å². The minimum Gasteiger partial charge on any atom is -0.450 e. The minimum atomic E-state index is -0.231. The van der Waals surface area contributed by atoms with Crippen molar-refractivity contribution in [3.8, 4) is 0 Å². The molecule has 1 amide bonds. The molecule has 0 atom stereocenters. The summed E-state index contributed by atoms with van der Waals surface area (Å²) in [5.41, 5.74) is 6.78. The Kier molecular flexibility index (Phi) is 4.99. The molecular formula is C22H21ClN2O2. The average Bonchev–Trinajstić information content (AvgIpc) is 2.85. The first-order valence-electron chi connectivity index (χ1n) is 9.24. The standard InChI is InChI=1S/C22H21ClN2O2/c1-2-27-22(26)25-12-9-16(10-13-25)20-19-14-18(23)8-7-15(19)5-6-17-4-3-11-24-21(17)20/h3-8,11,14H,2,9-10,12-13H2,1H3. The van der Waals surface area contributed by atoms with E-state index in [1.165, 1.54) is 5.57 Å². The van der Waals surface area contributed by atoms with Crippen LogP contribution in [0.25, 0.3) is 17.7 Å². The fourth-order valence-corrected chi connectivity index (χ4v) is 3.91. The van der Waals surface area contributed by atoms with E-state index in [9.17, 15) is 4.79 Å². The lowest BCUT2D eigenvalue weighted by Gasteiger charge is -2.29. The van der Waals surface area contributed by atoms with Crippen molar-refractivity contribution in [2.24, 2.45) is 0 Å². The maximum Gasteiger partial charge on any atom is 0.409 e. The molecule has 0 saturated carbocycles. The Morgan fingerprint density at radius 2 is 1.96 bits per heavy atom. The maximum atomic E-state index is 12.0. The van der Waals surface area contributed by atoms with Gasteiger partial charge in [-0.15, -0.1) is 0 Å². The fraction of sp³-hybridized carbons (Fsp3) is 0.273. The summed E-state index contributed by atoms with van der Waals surface area (Å²) in [4.78, 5) is 18.5. The van der Waals surface area contributed by atoms with Gasteiger partial charge < -0.3 is 9.64 Å². The smallest absolute Gasteiger partial charge is 0.409 e. The van der Waals surface area contributed by atoms with Crippen LogP contribution in [-0.2, 0) is 4.74 Å². The third-order valence-electron chi connectivity index (χ3n) is 5.05. The highest BCUT2D eigenvalue weighted by Gasteiger charge is 2.25. The Morgan fingerprint density at radius 1 is 1.19 bits per heavy atom. The lowest BCUT2D eigenvalue weighted by atomic mass is 9.88. The zero-order valence-corrected chi connectivity index (χ0v) is 16.0. The summed E-state index contributed by atoms with van der Waals surface area (Å²) < 4.78 is 5.14. The van der Waals surface area contributed by atoms with E-state index >= 15 is 0 Å². The average molecular weight is 381 g/mol. The molecule has 1 fully saturated rings. The van der Waals surface area contributed by atoms with Crippen LogP contribution in [0.15, 0.2) is 42.1 Å². The van der Waals surface area contributed by atoms with E-state index in [0.29, 0.717) is 24.7 Å². The van der Waals surface area contributed by atoms with E-state index in [0.717, 1.165) is 40.8 Å². The van der Waals surface area contributed by atoms with Crippen molar-refractivity contribution in [3.63, 3.8) is 0 Å². The molecule has 5 heteroatoms. The Hall–Kier alpha value is -2.59. The predicted octanol–water partition coefficient (Wildman–Crippen LogP) is 5.27. The van der Waals surface area contributed by atoms with Gasteiger partial charge in [0.1, 0.15) is 0 Å². The summed E-state index contributed by atoms with van der Waals surface area (Å²) in [7, 11) is 0. The molecule has 0 N–H and O–H groups in total. The highest BCUT2D eigenvalue weighted by molar-refractivity contribution is 6.30. The second kappa shape index (κ2) is 7.57. The SMILES string of the molecule is CCOC(=O)N1CCC(=C2c3cc(Cl)ccc3C=Cc3cccnc32)CC1. The molecule has 2 aliphatic rings. The molecule has 2 aromatic rings. The van der Waals surface area contributed by atoms with E-state index < -0.39 is 0 Å². The molecule has 0 spiro atoms. The number of carbonyl (C=O) groups is 1. The highest BCUT2D eigenvalue weighted by Crippen LogP contribution is 2.38. The number of likely N-dealkylation sites (tertiary alicyclic amines) is 1. The van der Waals surface area contributed by atoms with E-state index in [2.05, 4.69) is 18.2 Å². The van der Waals surface area contributed by atoms with Crippen LogP contribution in [0.2, 0.25) is 5.02 Å². The van der Waals surface area contributed by atoms with Gasteiger partial charge in [0.2, 0.25) is 0 Å². The van der Waals surface area contributed by atoms with E-state index in [-0.39, 0.29) is 6.09 Å². The van der Waals surface area contributed by atoms with E-state index in [4.69, 9.17) is 21.3 Å². The predicted molar refractivity (Wildman–Crippen MR) is 108 cm³/mol. The van der Waals surface area contributed by atoms with Crippen molar-refractivity contribution in [3.05, 3.63) is 69.5 Å². The van der Waals surface area contributed by atoms with Gasteiger partial charge in [-0.25, -0.2) is 4.79 Å². The monoisotopic (exact) mass is 380 g/mol. The van der Waals surface area contributed by atoms with Crippen LogP contribution in [0.5, 0.6) is 0 Å². The molecule has 4 nitrogen and oxygen atoms in total. The molecule has 1 aliphatic carbocycles. The number of pyridine rings is 1. The summed E-state index contributed by atoms with van der Waals surface area (Å²) >= 11 is 6.32. The van der Waals surface area contributed by atoms with Gasteiger partial charge in [-0.3, -0.25) is 4.98 Å². The topological polar surface area (TPSA) is 42.4 Å². The Balaban J connectivity index is 1.78. The number of ether oxygens (including phenoxy) is 1. The molecule has 1 aromatic heterocycles. The molecular weight excluding hydrogens is 360 g/mol. The van der Waals surface area contributed by atoms with Gasteiger partial charge in [0, 0.05) is 35.4 Å². The molecule has 1 saturated heterocycles. The number of hydrogen-bond donors (Lipinski definition) is 0.